The first kappa shape index (κ1) is 9.71. The summed E-state index contributed by atoms with van der Waals surface area (Å²) >= 11 is 1.69. The Morgan fingerprint density at radius 1 is 1.67 bits per heavy atom. The van der Waals surface area contributed by atoms with Gasteiger partial charge in [0.05, 0.1) is 0 Å². The van der Waals surface area contributed by atoms with E-state index in [1.54, 1.807) is 11.3 Å². The molecule has 0 bridgehead atoms. The summed E-state index contributed by atoms with van der Waals surface area (Å²) in [7, 11) is 0. The molecule has 0 aliphatic heterocycles. The molecule has 2 atom stereocenters. The van der Waals surface area contributed by atoms with E-state index >= 15 is 0 Å². The molecule has 0 aliphatic carbocycles. The highest BCUT2D eigenvalue weighted by atomic mass is 32.1. The Balaban J connectivity index is 2.66. The second kappa shape index (κ2) is 4.60. The molecule has 0 radical (unpaired) electrons. The molecule has 0 fully saturated rings. The van der Waals surface area contributed by atoms with Crippen LogP contribution in [0, 0.1) is 0 Å². The maximum atomic E-state index is 5.80. The van der Waals surface area contributed by atoms with Crippen molar-refractivity contribution >= 4 is 11.3 Å². The van der Waals surface area contributed by atoms with Crippen LogP contribution in [0.5, 0.6) is 0 Å². The van der Waals surface area contributed by atoms with Gasteiger partial charge in [-0.1, -0.05) is 6.07 Å². The van der Waals surface area contributed by atoms with E-state index in [-0.39, 0.29) is 12.1 Å². The fourth-order valence-corrected chi connectivity index (χ4v) is 2.01. The highest BCUT2D eigenvalue weighted by Gasteiger charge is 2.16. The van der Waals surface area contributed by atoms with Crippen molar-refractivity contribution in [2.45, 2.75) is 26.0 Å². The Kier molecular flexibility index (Phi) is 3.72. The Bertz CT molecular complexity index is 208. The molecule has 0 saturated heterocycles. The SMILES string of the molecule is CCOC(c1cccs1)C(C)N. The summed E-state index contributed by atoms with van der Waals surface area (Å²) in [6.07, 6.45) is 0.0648. The lowest BCUT2D eigenvalue weighted by Crippen LogP contribution is -2.26. The second-order valence-corrected chi connectivity index (χ2v) is 3.73. The van der Waals surface area contributed by atoms with E-state index < -0.39 is 0 Å². The summed E-state index contributed by atoms with van der Waals surface area (Å²) in [5.74, 6) is 0. The van der Waals surface area contributed by atoms with Crippen molar-refractivity contribution < 1.29 is 4.74 Å². The fraction of sp³-hybridized carbons (Fsp3) is 0.556. The second-order valence-electron chi connectivity index (χ2n) is 2.75. The zero-order valence-electron chi connectivity index (χ0n) is 7.49. The van der Waals surface area contributed by atoms with Gasteiger partial charge in [0.2, 0.25) is 0 Å². The van der Waals surface area contributed by atoms with Crippen LogP contribution in [0.15, 0.2) is 17.5 Å². The molecule has 0 amide bonds. The molecule has 3 heteroatoms. The lowest BCUT2D eigenvalue weighted by molar-refractivity contribution is 0.0500. The first-order chi connectivity index (χ1) is 5.75. The van der Waals surface area contributed by atoms with E-state index in [2.05, 4.69) is 6.07 Å². The van der Waals surface area contributed by atoms with Crippen LogP contribution in [-0.4, -0.2) is 12.6 Å². The molecule has 1 aromatic rings. The lowest BCUT2D eigenvalue weighted by Gasteiger charge is -2.18. The Labute approximate surface area is 77.3 Å². The molecule has 0 spiro atoms. The molecule has 68 valence electrons. The van der Waals surface area contributed by atoms with Crippen LogP contribution < -0.4 is 5.73 Å². The van der Waals surface area contributed by atoms with Crippen molar-refractivity contribution in [3.63, 3.8) is 0 Å². The summed E-state index contributed by atoms with van der Waals surface area (Å²) in [5.41, 5.74) is 5.80. The molecule has 1 heterocycles. The van der Waals surface area contributed by atoms with E-state index in [0.717, 1.165) is 0 Å². The Morgan fingerprint density at radius 3 is 2.83 bits per heavy atom. The normalized spacial score (nSPS) is 15.9. The fourth-order valence-electron chi connectivity index (χ4n) is 1.13. The van der Waals surface area contributed by atoms with Gasteiger partial charge in [0.25, 0.3) is 0 Å². The van der Waals surface area contributed by atoms with E-state index in [1.807, 2.05) is 25.3 Å². The number of hydrogen-bond acceptors (Lipinski definition) is 3. The molecule has 2 nitrogen and oxygen atoms in total. The van der Waals surface area contributed by atoms with Crippen molar-refractivity contribution in [3.8, 4) is 0 Å². The first-order valence-corrected chi connectivity index (χ1v) is 5.04. The zero-order valence-corrected chi connectivity index (χ0v) is 8.30. The minimum atomic E-state index is 0.0589. The van der Waals surface area contributed by atoms with Crippen molar-refractivity contribution in [2.75, 3.05) is 6.61 Å². The van der Waals surface area contributed by atoms with Gasteiger partial charge in [0.1, 0.15) is 6.10 Å². The largest absolute Gasteiger partial charge is 0.371 e. The molecule has 0 saturated carbocycles. The van der Waals surface area contributed by atoms with Gasteiger partial charge >= 0.3 is 0 Å². The van der Waals surface area contributed by atoms with E-state index in [1.165, 1.54) is 4.88 Å². The molecule has 1 aromatic heterocycles. The molecule has 2 unspecified atom stereocenters. The Morgan fingerprint density at radius 2 is 2.42 bits per heavy atom. The van der Waals surface area contributed by atoms with Crippen LogP contribution in [-0.2, 0) is 4.74 Å². The van der Waals surface area contributed by atoms with Crippen LogP contribution >= 0.6 is 11.3 Å². The summed E-state index contributed by atoms with van der Waals surface area (Å²) in [5, 5.41) is 2.05. The summed E-state index contributed by atoms with van der Waals surface area (Å²) in [6, 6.07) is 4.14. The van der Waals surface area contributed by atoms with E-state index in [4.69, 9.17) is 10.5 Å². The molecular weight excluding hydrogens is 170 g/mol. The number of rotatable bonds is 4. The van der Waals surface area contributed by atoms with Crippen LogP contribution in [0.25, 0.3) is 0 Å². The molecule has 2 N–H and O–H groups in total. The van der Waals surface area contributed by atoms with Gasteiger partial charge in [-0.05, 0) is 25.3 Å². The topological polar surface area (TPSA) is 35.2 Å². The maximum Gasteiger partial charge on any atom is 0.106 e. The van der Waals surface area contributed by atoms with Crippen LogP contribution in [0.4, 0.5) is 0 Å². The molecule has 1 rings (SSSR count). The molecule has 0 aromatic carbocycles. The standard InChI is InChI=1S/C9H15NOS/c1-3-11-9(7(2)10)8-5-4-6-12-8/h4-7,9H,3,10H2,1-2H3. The predicted octanol–water partition coefficient (Wildman–Crippen LogP) is 2.17. The first-order valence-electron chi connectivity index (χ1n) is 4.16. The van der Waals surface area contributed by atoms with Gasteiger partial charge in [-0.25, -0.2) is 0 Å². The molecule has 0 aliphatic rings. The highest BCUT2D eigenvalue weighted by molar-refractivity contribution is 7.10. The van der Waals surface area contributed by atoms with Gasteiger partial charge in [0, 0.05) is 17.5 Å². The number of thiophene rings is 1. The summed E-state index contributed by atoms with van der Waals surface area (Å²) in [4.78, 5) is 1.21. The minimum Gasteiger partial charge on any atom is -0.371 e. The Hall–Kier alpha value is -0.380. The van der Waals surface area contributed by atoms with Crippen molar-refractivity contribution in [1.82, 2.24) is 0 Å². The quantitative estimate of drug-likeness (QED) is 0.780. The van der Waals surface area contributed by atoms with Gasteiger partial charge in [-0.3, -0.25) is 0 Å². The highest BCUT2D eigenvalue weighted by Crippen LogP contribution is 2.24. The predicted molar refractivity (Wildman–Crippen MR) is 52.3 cm³/mol. The molecule has 12 heavy (non-hydrogen) atoms. The number of ether oxygens (including phenoxy) is 1. The van der Waals surface area contributed by atoms with Crippen molar-refractivity contribution in [2.24, 2.45) is 5.73 Å². The average molecular weight is 185 g/mol. The molecular formula is C9H15NOS. The minimum absolute atomic E-state index is 0.0589. The lowest BCUT2D eigenvalue weighted by atomic mass is 10.1. The zero-order chi connectivity index (χ0) is 8.97. The third-order valence-corrected chi connectivity index (χ3v) is 2.58. The van der Waals surface area contributed by atoms with Gasteiger partial charge < -0.3 is 10.5 Å². The van der Waals surface area contributed by atoms with E-state index in [9.17, 15) is 0 Å². The van der Waals surface area contributed by atoms with Crippen LogP contribution in [0.1, 0.15) is 24.8 Å². The van der Waals surface area contributed by atoms with Gasteiger partial charge in [0.15, 0.2) is 0 Å². The summed E-state index contributed by atoms with van der Waals surface area (Å²) < 4.78 is 5.53. The van der Waals surface area contributed by atoms with Crippen LogP contribution in [0.3, 0.4) is 0 Å². The monoisotopic (exact) mass is 185 g/mol. The van der Waals surface area contributed by atoms with Crippen molar-refractivity contribution in [3.05, 3.63) is 22.4 Å². The smallest absolute Gasteiger partial charge is 0.106 e. The number of hydrogen-bond donors (Lipinski definition) is 1. The van der Waals surface area contributed by atoms with Gasteiger partial charge in [-0.2, -0.15) is 0 Å². The van der Waals surface area contributed by atoms with Crippen LogP contribution in [0.2, 0.25) is 0 Å². The van der Waals surface area contributed by atoms with Crippen molar-refractivity contribution in [1.29, 1.82) is 0 Å². The third kappa shape index (κ3) is 2.30. The third-order valence-electron chi connectivity index (χ3n) is 1.65. The number of nitrogens with two attached hydrogens (primary N) is 1. The maximum absolute atomic E-state index is 5.80. The summed E-state index contributed by atoms with van der Waals surface area (Å²) in [6.45, 7) is 4.67. The average Bonchev–Trinajstić information content (AvgIpc) is 2.51. The van der Waals surface area contributed by atoms with Gasteiger partial charge in [-0.15, -0.1) is 11.3 Å². The van der Waals surface area contributed by atoms with E-state index in [0.29, 0.717) is 6.61 Å².